The summed E-state index contributed by atoms with van der Waals surface area (Å²) in [6.45, 7) is 1.93. The van der Waals surface area contributed by atoms with Crippen molar-refractivity contribution in [1.29, 1.82) is 0 Å². The molecular weight excluding hydrogens is 238 g/mol. The van der Waals surface area contributed by atoms with Gasteiger partial charge >= 0.3 is 0 Å². The first-order valence-electron chi connectivity index (χ1n) is 5.20. The second-order valence-electron chi connectivity index (χ2n) is 3.78. The smallest absolute Gasteiger partial charge is 0.0910 e. The molecule has 90 valence electrons. The predicted molar refractivity (Wildman–Crippen MR) is 66.4 cm³/mol. The Bertz CT molecular complexity index is 503. The fourth-order valence-electron chi connectivity index (χ4n) is 1.86. The van der Waals surface area contributed by atoms with Crippen LogP contribution in [0.5, 0.6) is 0 Å². The number of rotatable bonds is 3. The van der Waals surface area contributed by atoms with Crippen molar-refractivity contribution in [3.8, 4) is 0 Å². The topological polar surface area (TPSA) is 68.8 Å². The highest BCUT2D eigenvalue weighted by Crippen LogP contribution is 2.28. The summed E-state index contributed by atoms with van der Waals surface area (Å²) in [7, 11) is 1.83. The van der Waals surface area contributed by atoms with E-state index in [9.17, 15) is 0 Å². The molecule has 0 aromatic carbocycles. The van der Waals surface area contributed by atoms with Crippen LogP contribution >= 0.6 is 11.6 Å². The zero-order valence-electron chi connectivity index (χ0n) is 9.68. The molecule has 2 aromatic rings. The Hall–Kier alpha value is -1.43. The Labute approximate surface area is 105 Å². The molecule has 0 fully saturated rings. The fraction of sp³-hybridized carbons (Fsp3) is 0.273. The van der Waals surface area contributed by atoms with Gasteiger partial charge in [-0.15, -0.1) is 0 Å². The molecule has 3 N–H and O–H groups in total. The maximum absolute atomic E-state index is 6.12. The molecular formula is C11H14ClN5. The Morgan fingerprint density at radius 2 is 2.29 bits per heavy atom. The Morgan fingerprint density at radius 3 is 2.82 bits per heavy atom. The summed E-state index contributed by atoms with van der Waals surface area (Å²) in [5, 5.41) is 4.69. The summed E-state index contributed by atoms with van der Waals surface area (Å²) in [5.41, 5.74) is 5.48. The monoisotopic (exact) mass is 251 g/mol. The predicted octanol–water partition coefficient (Wildman–Crippen LogP) is 1.33. The van der Waals surface area contributed by atoms with Crippen LogP contribution in [0, 0.1) is 6.92 Å². The van der Waals surface area contributed by atoms with E-state index >= 15 is 0 Å². The molecule has 0 bridgehead atoms. The molecule has 0 aliphatic carbocycles. The lowest BCUT2D eigenvalue weighted by molar-refractivity contribution is 0.571. The van der Waals surface area contributed by atoms with Gasteiger partial charge in [0.05, 0.1) is 23.0 Å². The number of hydrazine groups is 1. The van der Waals surface area contributed by atoms with E-state index in [0.29, 0.717) is 5.02 Å². The van der Waals surface area contributed by atoms with Crippen LogP contribution in [0.2, 0.25) is 5.02 Å². The fourth-order valence-corrected chi connectivity index (χ4v) is 2.14. The second kappa shape index (κ2) is 4.83. The maximum atomic E-state index is 6.12. The Kier molecular flexibility index (Phi) is 3.42. The number of hydrogen-bond donors (Lipinski definition) is 2. The van der Waals surface area contributed by atoms with Gasteiger partial charge in [-0.3, -0.25) is 15.5 Å². The van der Waals surface area contributed by atoms with Crippen LogP contribution in [0.3, 0.4) is 0 Å². The van der Waals surface area contributed by atoms with Gasteiger partial charge in [0.25, 0.3) is 0 Å². The summed E-state index contributed by atoms with van der Waals surface area (Å²) in [5.74, 6) is 5.63. The van der Waals surface area contributed by atoms with Crippen molar-refractivity contribution in [2.75, 3.05) is 0 Å². The van der Waals surface area contributed by atoms with E-state index in [4.69, 9.17) is 17.4 Å². The lowest BCUT2D eigenvalue weighted by Gasteiger charge is -2.18. The van der Waals surface area contributed by atoms with Crippen molar-refractivity contribution in [2.24, 2.45) is 12.9 Å². The van der Waals surface area contributed by atoms with Gasteiger partial charge < -0.3 is 0 Å². The highest BCUT2D eigenvalue weighted by Gasteiger charge is 2.21. The first kappa shape index (κ1) is 12.0. The van der Waals surface area contributed by atoms with Crippen LogP contribution in [-0.2, 0) is 7.05 Å². The Balaban J connectivity index is 2.52. The average Bonchev–Trinajstić information content (AvgIpc) is 2.64. The number of hydrogen-bond acceptors (Lipinski definition) is 4. The molecule has 0 aliphatic heterocycles. The van der Waals surface area contributed by atoms with E-state index in [0.717, 1.165) is 17.0 Å². The third-order valence-corrected chi connectivity index (χ3v) is 3.03. The highest BCUT2D eigenvalue weighted by atomic mass is 35.5. The first-order chi connectivity index (χ1) is 8.15. The van der Waals surface area contributed by atoms with Crippen LogP contribution in [0.25, 0.3) is 0 Å². The van der Waals surface area contributed by atoms with Crippen LogP contribution < -0.4 is 11.3 Å². The van der Waals surface area contributed by atoms with Crippen molar-refractivity contribution in [3.63, 3.8) is 0 Å². The van der Waals surface area contributed by atoms with Gasteiger partial charge in [0.2, 0.25) is 0 Å². The second-order valence-corrected chi connectivity index (χ2v) is 4.19. The van der Waals surface area contributed by atoms with Crippen molar-refractivity contribution in [3.05, 3.63) is 46.5 Å². The van der Waals surface area contributed by atoms with Gasteiger partial charge in [-0.05, 0) is 18.6 Å². The van der Waals surface area contributed by atoms with Gasteiger partial charge in [0.15, 0.2) is 0 Å². The number of nitrogens with zero attached hydrogens (tertiary/aromatic N) is 3. The summed E-state index contributed by atoms with van der Waals surface area (Å²) in [6, 6.07) is 3.62. The minimum Gasteiger partial charge on any atom is -0.271 e. The quantitative estimate of drug-likeness (QED) is 0.638. The van der Waals surface area contributed by atoms with E-state index in [1.807, 2.05) is 26.1 Å². The Morgan fingerprint density at radius 1 is 1.53 bits per heavy atom. The molecule has 0 amide bonds. The van der Waals surface area contributed by atoms with Gasteiger partial charge in [0, 0.05) is 18.9 Å². The zero-order chi connectivity index (χ0) is 12.4. The zero-order valence-corrected chi connectivity index (χ0v) is 10.4. The number of aromatic nitrogens is 3. The highest BCUT2D eigenvalue weighted by molar-refractivity contribution is 6.31. The number of nitrogens with two attached hydrogens (primary N) is 1. The standard InChI is InChI=1S/C11H14ClN5/c1-7-8(4-3-5-14-7)10(16-13)11-9(12)6-15-17(11)2/h3-6,10,16H,13H2,1-2H3. The van der Waals surface area contributed by atoms with Crippen LogP contribution in [0.15, 0.2) is 24.5 Å². The molecule has 6 heteroatoms. The molecule has 2 heterocycles. The SMILES string of the molecule is Cc1ncccc1C(NN)c1c(Cl)cnn1C. The molecule has 0 saturated carbocycles. The van der Waals surface area contributed by atoms with Crippen LogP contribution in [-0.4, -0.2) is 14.8 Å². The van der Waals surface area contributed by atoms with E-state index in [2.05, 4.69) is 15.5 Å². The summed E-state index contributed by atoms with van der Waals surface area (Å²) < 4.78 is 1.71. The molecule has 17 heavy (non-hydrogen) atoms. The van der Waals surface area contributed by atoms with Crippen molar-refractivity contribution in [2.45, 2.75) is 13.0 Å². The molecule has 2 aromatic heterocycles. The van der Waals surface area contributed by atoms with Gasteiger partial charge in [-0.2, -0.15) is 5.10 Å². The largest absolute Gasteiger partial charge is 0.271 e. The number of pyridine rings is 1. The minimum atomic E-state index is -0.219. The van der Waals surface area contributed by atoms with Crippen molar-refractivity contribution < 1.29 is 0 Å². The molecule has 0 aliphatic rings. The molecule has 0 spiro atoms. The molecule has 1 atom stereocenters. The van der Waals surface area contributed by atoms with Gasteiger partial charge in [0.1, 0.15) is 0 Å². The lowest BCUT2D eigenvalue weighted by atomic mass is 10.0. The molecule has 2 rings (SSSR count). The van der Waals surface area contributed by atoms with Crippen LogP contribution in [0.4, 0.5) is 0 Å². The number of halogens is 1. The maximum Gasteiger partial charge on any atom is 0.0910 e. The van der Waals surface area contributed by atoms with Gasteiger partial charge in [-0.25, -0.2) is 5.43 Å². The summed E-state index contributed by atoms with van der Waals surface area (Å²) >= 11 is 6.12. The van der Waals surface area contributed by atoms with Gasteiger partial charge in [-0.1, -0.05) is 17.7 Å². The third kappa shape index (κ3) is 2.17. The van der Waals surface area contributed by atoms with E-state index in [-0.39, 0.29) is 6.04 Å². The van der Waals surface area contributed by atoms with E-state index in [1.165, 1.54) is 0 Å². The van der Waals surface area contributed by atoms with Crippen molar-refractivity contribution >= 4 is 11.6 Å². The summed E-state index contributed by atoms with van der Waals surface area (Å²) in [6.07, 6.45) is 3.35. The van der Waals surface area contributed by atoms with Crippen molar-refractivity contribution in [1.82, 2.24) is 20.2 Å². The molecule has 0 saturated heterocycles. The molecule has 1 unspecified atom stereocenters. The number of aryl methyl sites for hydroxylation is 2. The van der Waals surface area contributed by atoms with Crippen LogP contribution in [0.1, 0.15) is 23.0 Å². The molecule has 5 nitrogen and oxygen atoms in total. The third-order valence-electron chi connectivity index (χ3n) is 2.74. The van der Waals surface area contributed by atoms with E-state index in [1.54, 1.807) is 17.1 Å². The normalized spacial score (nSPS) is 12.7. The first-order valence-corrected chi connectivity index (χ1v) is 5.58. The average molecular weight is 252 g/mol. The lowest BCUT2D eigenvalue weighted by Crippen LogP contribution is -2.31. The van der Waals surface area contributed by atoms with E-state index < -0.39 is 0 Å². The molecule has 0 radical (unpaired) electrons. The summed E-state index contributed by atoms with van der Waals surface area (Å²) in [4.78, 5) is 4.25. The number of nitrogens with one attached hydrogen (secondary N) is 1. The minimum absolute atomic E-state index is 0.219.